The van der Waals surface area contributed by atoms with Gasteiger partial charge < -0.3 is 24.4 Å². The first kappa shape index (κ1) is 25.9. The van der Waals surface area contributed by atoms with Crippen LogP contribution in [0.4, 0.5) is 15.9 Å². The third-order valence-corrected chi connectivity index (χ3v) is 7.26. The maximum atomic E-state index is 13.7. The predicted octanol–water partition coefficient (Wildman–Crippen LogP) is 4.74. The Morgan fingerprint density at radius 1 is 1.16 bits per heavy atom. The van der Waals surface area contributed by atoms with E-state index in [4.69, 9.17) is 25.8 Å². The van der Waals surface area contributed by atoms with E-state index in [1.807, 2.05) is 12.1 Å². The van der Waals surface area contributed by atoms with Gasteiger partial charge in [0.25, 0.3) is 0 Å². The van der Waals surface area contributed by atoms with Crippen molar-refractivity contribution in [3.63, 3.8) is 0 Å². The molecule has 2 fully saturated rings. The van der Waals surface area contributed by atoms with Crippen LogP contribution >= 0.6 is 11.6 Å². The van der Waals surface area contributed by atoms with Crippen molar-refractivity contribution >= 4 is 34.0 Å². The van der Waals surface area contributed by atoms with Crippen LogP contribution in [0.2, 0.25) is 5.02 Å². The lowest BCUT2D eigenvalue weighted by atomic mass is 10.1. The molecule has 2 aliphatic rings. The zero-order valence-corrected chi connectivity index (χ0v) is 22.0. The first-order valence-corrected chi connectivity index (χ1v) is 13.1. The van der Waals surface area contributed by atoms with E-state index in [1.165, 1.54) is 24.9 Å². The van der Waals surface area contributed by atoms with Gasteiger partial charge in [0.2, 0.25) is 0 Å². The minimum atomic E-state index is -0.476. The molecule has 0 amide bonds. The van der Waals surface area contributed by atoms with Crippen molar-refractivity contribution < 1.29 is 18.6 Å². The first-order valence-electron chi connectivity index (χ1n) is 12.7. The fourth-order valence-electron chi connectivity index (χ4n) is 4.81. The van der Waals surface area contributed by atoms with Crippen molar-refractivity contribution in [2.75, 3.05) is 58.9 Å². The summed E-state index contributed by atoms with van der Waals surface area (Å²) in [6, 6.07) is 8.88. The number of likely N-dealkylation sites (tertiary alicyclic amines) is 1. The average Bonchev–Trinajstić information content (AvgIpc) is 3.36. The molecule has 2 aromatic carbocycles. The van der Waals surface area contributed by atoms with Crippen molar-refractivity contribution in [1.82, 2.24) is 19.8 Å². The summed E-state index contributed by atoms with van der Waals surface area (Å²) in [7, 11) is 4.27. The standard InChI is InChI=1S/C27H33ClFN5O3/c1-33(2)19-5-8-34(16-19)9-12-36-21-14-24-26(25(15-21)37-20-6-10-35-11-7-20)27(31-17-30-24)32-18-3-4-23(29)22(28)13-18/h3-4,13-15,17,19-20H,5-12,16H2,1-2H3,(H,30,31,32). The fraction of sp³-hybridized carbons (Fsp3) is 0.481. The molecule has 37 heavy (non-hydrogen) atoms. The summed E-state index contributed by atoms with van der Waals surface area (Å²) in [5.41, 5.74) is 1.31. The van der Waals surface area contributed by atoms with Gasteiger partial charge in [-0.25, -0.2) is 14.4 Å². The smallest absolute Gasteiger partial charge is 0.145 e. The number of rotatable bonds is 9. The van der Waals surface area contributed by atoms with E-state index in [1.54, 1.807) is 6.07 Å². The zero-order chi connectivity index (χ0) is 25.8. The molecule has 0 bridgehead atoms. The van der Waals surface area contributed by atoms with E-state index in [0.29, 0.717) is 54.4 Å². The third-order valence-electron chi connectivity index (χ3n) is 6.97. The minimum absolute atomic E-state index is 0.0214. The quantitative estimate of drug-likeness (QED) is 0.426. The molecule has 10 heteroatoms. The molecule has 8 nitrogen and oxygen atoms in total. The Hall–Kier alpha value is -2.72. The van der Waals surface area contributed by atoms with Crippen LogP contribution in [0.5, 0.6) is 11.5 Å². The second-order valence-electron chi connectivity index (χ2n) is 9.78. The summed E-state index contributed by atoms with van der Waals surface area (Å²) in [5, 5.41) is 4.01. The van der Waals surface area contributed by atoms with Crippen LogP contribution in [0, 0.1) is 5.82 Å². The van der Waals surface area contributed by atoms with Crippen LogP contribution < -0.4 is 14.8 Å². The lowest BCUT2D eigenvalue weighted by Gasteiger charge is -2.25. The van der Waals surface area contributed by atoms with Crippen LogP contribution in [0.15, 0.2) is 36.7 Å². The Morgan fingerprint density at radius 2 is 2.00 bits per heavy atom. The summed E-state index contributed by atoms with van der Waals surface area (Å²) < 4.78 is 31.8. The maximum absolute atomic E-state index is 13.7. The number of nitrogens with zero attached hydrogens (tertiary/aromatic N) is 4. The molecular formula is C27H33ClFN5O3. The number of aromatic nitrogens is 2. The summed E-state index contributed by atoms with van der Waals surface area (Å²) >= 11 is 5.99. The highest BCUT2D eigenvalue weighted by atomic mass is 35.5. The SMILES string of the molecule is CN(C)C1CCN(CCOc2cc(OC3CCOCC3)c3c(Nc4ccc(F)c(Cl)c4)ncnc3c2)C1. The first-order chi connectivity index (χ1) is 18.0. The van der Waals surface area contributed by atoms with Gasteiger partial charge in [0.05, 0.1) is 29.1 Å². The number of benzene rings is 2. The average molecular weight is 530 g/mol. The normalized spacial score (nSPS) is 19.0. The molecule has 2 saturated heterocycles. The molecule has 1 aromatic heterocycles. The molecule has 198 valence electrons. The highest BCUT2D eigenvalue weighted by molar-refractivity contribution is 6.31. The van der Waals surface area contributed by atoms with Gasteiger partial charge in [-0.3, -0.25) is 4.90 Å². The molecule has 3 heterocycles. The number of halogens is 2. The number of ether oxygens (including phenoxy) is 3. The molecule has 0 aliphatic carbocycles. The van der Waals surface area contributed by atoms with Crippen molar-refractivity contribution in [2.45, 2.75) is 31.4 Å². The number of hydrogen-bond acceptors (Lipinski definition) is 8. The topological polar surface area (TPSA) is 72.0 Å². The molecule has 1 unspecified atom stereocenters. The summed E-state index contributed by atoms with van der Waals surface area (Å²) in [4.78, 5) is 13.7. The van der Waals surface area contributed by atoms with E-state index >= 15 is 0 Å². The number of anilines is 2. The van der Waals surface area contributed by atoms with Gasteiger partial charge in [0.15, 0.2) is 0 Å². The van der Waals surface area contributed by atoms with E-state index in [9.17, 15) is 4.39 Å². The highest BCUT2D eigenvalue weighted by Gasteiger charge is 2.24. The van der Waals surface area contributed by atoms with Crippen molar-refractivity contribution in [2.24, 2.45) is 0 Å². The molecule has 0 saturated carbocycles. The molecule has 2 aliphatic heterocycles. The van der Waals surface area contributed by atoms with Crippen LogP contribution in [0.25, 0.3) is 10.9 Å². The molecule has 3 aromatic rings. The Labute approximate surface area is 221 Å². The Morgan fingerprint density at radius 3 is 2.76 bits per heavy atom. The van der Waals surface area contributed by atoms with E-state index < -0.39 is 5.82 Å². The summed E-state index contributed by atoms with van der Waals surface area (Å²) in [5.74, 6) is 1.42. The Kier molecular flexibility index (Phi) is 8.24. The van der Waals surface area contributed by atoms with Gasteiger partial charge >= 0.3 is 0 Å². The predicted molar refractivity (Wildman–Crippen MR) is 143 cm³/mol. The second kappa shape index (κ2) is 11.8. The summed E-state index contributed by atoms with van der Waals surface area (Å²) in [6.45, 7) is 4.91. The molecular weight excluding hydrogens is 497 g/mol. The largest absolute Gasteiger partial charge is 0.492 e. The number of hydrogen-bond donors (Lipinski definition) is 1. The van der Waals surface area contributed by atoms with Crippen LogP contribution in [-0.4, -0.2) is 85.5 Å². The maximum Gasteiger partial charge on any atom is 0.145 e. The number of fused-ring (bicyclic) bond motifs is 1. The second-order valence-corrected chi connectivity index (χ2v) is 10.2. The van der Waals surface area contributed by atoms with E-state index in [0.717, 1.165) is 37.9 Å². The molecule has 0 spiro atoms. The van der Waals surface area contributed by atoms with Gasteiger partial charge in [0.1, 0.15) is 42.2 Å². The molecule has 1 N–H and O–H groups in total. The third kappa shape index (κ3) is 6.41. The van der Waals surface area contributed by atoms with Gasteiger partial charge in [0, 0.05) is 49.8 Å². The monoisotopic (exact) mass is 529 g/mol. The van der Waals surface area contributed by atoms with Gasteiger partial charge in [-0.15, -0.1) is 0 Å². The minimum Gasteiger partial charge on any atom is -0.492 e. The molecule has 1 atom stereocenters. The van der Waals surface area contributed by atoms with Gasteiger partial charge in [-0.2, -0.15) is 0 Å². The fourth-order valence-corrected chi connectivity index (χ4v) is 4.99. The molecule has 5 rings (SSSR count). The van der Waals surface area contributed by atoms with Crippen molar-refractivity contribution in [3.8, 4) is 11.5 Å². The van der Waals surface area contributed by atoms with Crippen LogP contribution in [-0.2, 0) is 4.74 Å². The van der Waals surface area contributed by atoms with Crippen molar-refractivity contribution in [1.29, 1.82) is 0 Å². The lowest BCUT2D eigenvalue weighted by Crippen LogP contribution is -2.33. The van der Waals surface area contributed by atoms with Crippen LogP contribution in [0.1, 0.15) is 19.3 Å². The van der Waals surface area contributed by atoms with Crippen LogP contribution in [0.3, 0.4) is 0 Å². The highest BCUT2D eigenvalue weighted by Crippen LogP contribution is 2.37. The van der Waals surface area contributed by atoms with E-state index in [-0.39, 0.29) is 11.1 Å². The van der Waals surface area contributed by atoms with Gasteiger partial charge in [-0.05, 0) is 45.3 Å². The van der Waals surface area contributed by atoms with Gasteiger partial charge in [-0.1, -0.05) is 11.6 Å². The Bertz CT molecular complexity index is 1220. The van der Waals surface area contributed by atoms with E-state index in [2.05, 4.69) is 39.2 Å². The zero-order valence-electron chi connectivity index (χ0n) is 21.3. The number of likely N-dealkylation sites (N-methyl/N-ethyl adjacent to an activating group) is 1. The lowest BCUT2D eigenvalue weighted by molar-refractivity contribution is 0.0261. The molecule has 0 radical (unpaired) electrons. The Balaban J connectivity index is 1.38. The number of nitrogens with one attached hydrogen (secondary N) is 1. The van der Waals surface area contributed by atoms with Crippen molar-refractivity contribution in [3.05, 3.63) is 47.5 Å². The summed E-state index contributed by atoms with van der Waals surface area (Å²) in [6.07, 6.45) is 4.30.